The molecule has 16 heavy (non-hydrogen) atoms. The van der Waals surface area contributed by atoms with Gasteiger partial charge in [-0.3, -0.25) is 0 Å². The van der Waals surface area contributed by atoms with Crippen molar-refractivity contribution in [3.63, 3.8) is 0 Å². The number of rotatable bonds is 2. The average Bonchev–Trinajstić information content (AvgIpc) is 2.28. The normalized spacial score (nSPS) is 25.7. The lowest BCUT2D eigenvalue weighted by molar-refractivity contribution is 0.311. The Morgan fingerprint density at radius 1 is 1.12 bits per heavy atom. The first-order chi connectivity index (χ1) is 7.69. The van der Waals surface area contributed by atoms with Crippen LogP contribution >= 0.6 is 31.9 Å². The molecule has 2 nitrogen and oxygen atoms in total. The van der Waals surface area contributed by atoms with Gasteiger partial charge in [0, 0.05) is 12.0 Å². The van der Waals surface area contributed by atoms with Crippen molar-refractivity contribution in [3.8, 4) is 0 Å². The van der Waals surface area contributed by atoms with Crippen LogP contribution < -0.4 is 0 Å². The van der Waals surface area contributed by atoms with Crippen LogP contribution in [0.2, 0.25) is 0 Å². The summed E-state index contributed by atoms with van der Waals surface area (Å²) in [7, 11) is 0. The molecule has 1 aromatic heterocycles. The lowest BCUT2D eigenvalue weighted by Gasteiger charge is -2.26. The molecule has 0 aliphatic heterocycles. The van der Waals surface area contributed by atoms with Crippen LogP contribution in [-0.4, -0.2) is 9.97 Å². The fraction of sp³-hybridized carbons (Fsp3) is 0.667. The van der Waals surface area contributed by atoms with Gasteiger partial charge in [0.05, 0.1) is 0 Å². The summed E-state index contributed by atoms with van der Waals surface area (Å²) in [6, 6.07) is 1.89. The van der Waals surface area contributed by atoms with Gasteiger partial charge < -0.3 is 0 Å². The van der Waals surface area contributed by atoms with Gasteiger partial charge in [-0.25, -0.2) is 9.97 Å². The Kier molecular flexibility index (Phi) is 4.36. The lowest BCUT2D eigenvalue weighted by atomic mass is 9.80. The van der Waals surface area contributed by atoms with Gasteiger partial charge in [-0.15, -0.1) is 0 Å². The first-order valence-corrected chi connectivity index (χ1v) is 7.47. The topological polar surface area (TPSA) is 25.8 Å². The molecule has 1 saturated carbocycles. The van der Waals surface area contributed by atoms with Crippen molar-refractivity contribution in [1.29, 1.82) is 0 Å². The summed E-state index contributed by atoms with van der Waals surface area (Å²) >= 11 is 6.85. The van der Waals surface area contributed by atoms with E-state index in [0.717, 1.165) is 20.9 Å². The van der Waals surface area contributed by atoms with Crippen molar-refractivity contribution >= 4 is 31.9 Å². The minimum atomic E-state index is 0.552. The third kappa shape index (κ3) is 3.04. The zero-order valence-electron chi connectivity index (χ0n) is 9.42. The van der Waals surface area contributed by atoms with E-state index in [1.165, 1.54) is 32.1 Å². The van der Waals surface area contributed by atoms with Gasteiger partial charge in [0.25, 0.3) is 0 Å². The van der Waals surface area contributed by atoms with Gasteiger partial charge in [-0.2, -0.15) is 0 Å². The van der Waals surface area contributed by atoms with E-state index in [9.17, 15) is 0 Å². The van der Waals surface area contributed by atoms with Crippen molar-refractivity contribution in [1.82, 2.24) is 9.97 Å². The summed E-state index contributed by atoms with van der Waals surface area (Å²) in [5.41, 5.74) is 0. The van der Waals surface area contributed by atoms with Crippen molar-refractivity contribution in [2.75, 3.05) is 0 Å². The molecule has 0 atom stereocenters. The summed E-state index contributed by atoms with van der Waals surface area (Å²) < 4.78 is 1.75. The summed E-state index contributed by atoms with van der Waals surface area (Å²) in [6.07, 6.45) is 6.45. The third-order valence-corrected chi connectivity index (χ3v) is 4.28. The molecular formula is C12H16Br2N2. The second-order valence-electron chi connectivity index (χ2n) is 4.50. The van der Waals surface area contributed by atoms with Crippen molar-refractivity contribution < 1.29 is 0 Å². The fourth-order valence-corrected chi connectivity index (χ4v) is 3.52. The maximum atomic E-state index is 4.48. The lowest BCUT2D eigenvalue weighted by Crippen LogP contribution is -2.15. The van der Waals surface area contributed by atoms with Gasteiger partial charge in [-0.1, -0.05) is 13.3 Å². The highest BCUT2D eigenvalue weighted by atomic mass is 79.9. The van der Waals surface area contributed by atoms with Crippen LogP contribution in [-0.2, 0) is 0 Å². The maximum Gasteiger partial charge on any atom is 0.134 e. The van der Waals surface area contributed by atoms with Crippen LogP contribution in [0.4, 0.5) is 0 Å². The highest BCUT2D eigenvalue weighted by molar-refractivity contribution is 9.11. The van der Waals surface area contributed by atoms with Crippen LogP contribution in [0.1, 0.15) is 50.8 Å². The Balaban J connectivity index is 2.08. The molecule has 1 heterocycles. The van der Waals surface area contributed by atoms with Crippen LogP contribution in [0, 0.1) is 5.92 Å². The molecule has 0 bridgehead atoms. The quantitative estimate of drug-likeness (QED) is 0.725. The van der Waals surface area contributed by atoms with Gasteiger partial charge in [0.15, 0.2) is 0 Å². The fourth-order valence-electron chi connectivity index (χ4n) is 2.42. The van der Waals surface area contributed by atoms with Gasteiger partial charge >= 0.3 is 0 Å². The van der Waals surface area contributed by atoms with Gasteiger partial charge in [0.1, 0.15) is 15.0 Å². The highest BCUT2D eigenvalue weighted by Gasteiger charge is 2.23. The number of aromatic nitrogens is 2. The van der Waals surface area contributed by atoms with Crippen LogP contribution in [0.15, 0.2) is 15.3 Å². The summed E-state index contributed by atoms with van der Waals surface area (Å²) in [4.78, 5) is 8.97. The number of hydrogen-bond donors (Lipinski definition) is 0. The second kappa shape index (κ2) is 5.58. The van der Waals surface area contributed by atoms with Crippen molar-refractivity contribution in [2.45, 2.75) is 44.9 Å². The number of hydrogen-bond acceptors (Lipinski definition) is 2. The van der Waals surface area contributed by atoms with E-state index < -0.39 is 0 Å². The number of nitrogens with zero attached hydrogens (tertiary/aromatic N) is 2. The van der Waals surface area contributed by atoms with E-state index in [2.05, 4.69) is 48.8 Å². The molecule has 0 radical (unpaired) electrons. The molecule has 0 amide bonds. The minimum absolute atomic E-state index is 0.552. The first-order valence-electron chi connectivity index (χ1n) is 5.89. The first kappa shape index (κ1) is 12.5. The molecule has 1 aliphatic rings. The molecule has 1 fully saturated rings. The third-order valence-electron chi connectivity index (χ3n) is 3.47. The molecule has 4 heteroatoms. The van der Waals surface area contributed by atoms with Crippen LogP contribution in [0.5, 0.6) is 0 Å². The zero-order chi connectivity index (χ0) is 11.5. The Bertz CT molecular complexity index is 340. The molecule has 0 spiro atoms. The standard InChI is InChI=1S/C12H16Br2N2/c1-2-8-3-5-9(6-4-8)12-15-10(13)7-11(14)16-12/h7-9H,2-6H2,1H3. The maximum absolute atomic E-state index is 4.48. The Hall–Kier alpha value is 0.0400. The molecule has 1 aliphatic carbocycles. The SMILES string of the molecule is CCC1CCC(c2nc(Br)cc(Br)n2)CC1. The van der Waals surface area contributed by atoms with Gasteiger partial charge in [-0.05, 0) is 63.5 Å². The molecule has 2 rings (SSSR count). The highest BCUT2D eigenvalue weighted by Crippen LogP contribution is 2.36. The number of halogens is 2. The predicted molar refractivity (Wildman–Crippen MR) is 72.4 cm³/mol. The van der Waals surface area contributed by atoms with E-state index in [1.807, 2.05) is 6.07 Å². The van der Waals surface area contributed by atoms with E-state index in [0.29, 0.717) is 5.92 Å². The van der Waals surface area contributed by atoms with E-state index >= 15 is 0 Å². The summed E-state index contributed by atoms with van der Waals surface area (Å²) in [5.74, 6) is 2.47. The summed E-state index contributed by atoms with van der Waals surface area (Å²) in [6.45, 7) is 2.29. The van der Waals surface area contributed by atoms with Crippen LogP contribution in [0.3, 0.4) is 0 Å². The smallest absolute Gasteiger partial charge is 0.134 e. The minimum Gasteiger partial charge on any atom is -0.226 e. The molecule has 88 valence electrons. The Morgan fingerprint density at radius 2 is 1.69 bits per heavy atom. The molecule has 0 N–H and O–H groups in total. The molecule has 0 saturated heterocycles. The summed E-state index contributed by atoms with van der Waals surface area (Å²) in [5, 5.41) is 0. The molecular weight excluding hydrogens is 332 g/mol. The monoisotopic (exact) mass is 346 g/mol. The Morgan fingerprint density at radius 3 is 2.19 bits per heavy atom. The van der Waals surface area contributed by atoms with E-state index in [4.69, 9.17) is 0 Å². The van der Waals surface area contributed by atoms with Crippen molar-refractivity contribution in [2.24, 2.45) is 5.92 Å². The average molecular weight is 348 g/mol. The molecule has 0 unspecified atom stereocenters. The Labute approximate surface area is 114 Å². The van der Waals surface area contributed by atoms with Crippen molar-refractivity contribution in [3.05, 3.63) is 21.1 Å². The molecule has 0 aromatic carbocycles. The largest absolute Gasteiger partial charge is 0.226 e. The van der Waals surface area contributed by atoms with Crippen LogP contribution in [0.25, 0.3) is 0 Å². The van der Waals surface area contributed by atoms with Gasteiger partial charge in [0.2, 0.25) is 0 Å². The zero-order valence-corrected chi connectivity index (χ0v) is 12.6. The van der Waals surface area contributed by atoms with E-state index in [-0.39, 0.29) is 0 Å². The molecule has 1 aromatic rings. The predicted octanol–water partition coefficient (Wildman–Crippen LogP) is 4.69. The van der Waals surface area contributed by atoms with E-state index in [1.54, 1.807) is 0 Å². The second-order valence-corrected chi connectivity index (χ2v) is 6.12.